The summed E-state index contributed by atoms with van der Waals surface area (Å²) >= 11 is 0. The Kier molecular flexibility index (Phi) is 10.5. The number of hydrogen-bond donors (Lipinski definition) is 0. The Morgan fingerprint density at radius 2 is 0.648 bits per heavy atom. The van der Waals surface area contributed by atoms with Crippen molar-refractivity contribution in [2.24, 2.45) is 0 Å². The standard InChI is InChI=1S/C52H48N2/c1-3-5-17-41-31-37-51(49-25-15-13-23-47(41)49)53(43-19-9-7-10-20-43)45-33-27-39(28-34-45)40-29-35-46(36-30-40)54(44-21-11-8-12-22-44)52-38-32-42(18-6-4-2)48-24-14-16-26-50(48)52/h7-16,19-38H,3-6,17-18H2,1-2H3. The Bertz CT molecular complexity index is 2270. The normalized spacial score (nSPS) is 11.2. The van der Waals surface area contributed by atoms with Crippen LogP contribution < -0.4 is 9.80 Å². The number of nitrogens with zero attached hydrogens (tertiary/aromatic N) is 2. The van der Waals surface area contributed by atoms with Crippen LogP contribution in [-0.2, 0) is 12.8 Å². The smallest absolute Gasteiger partial charge is 0.0540 e. The maximum atomic E-state index is 2.40. The molecule has 0 heterocycles. The number of hydrogen-bond acceptors (Lipinski definition) is 2. The monoisotopic (exact) mass is 700 g/mol. The molecule has 0 saturated carbocycles. The van der Waals surface area contributed by atoms with Crippen LogP contribution in [0.4, 0.5) is 34.1 Å². The van der Waals surface area contributed by atoms with Crippen molar-refractivity contribution in [1.82, 2.24) is 0 Å². The zero-order chi connectivity index (χ0) is 36.7. The SMILES string of the molecule is CCCCc1ccc(N(c2ccccc2)c2ccc(-c3ccc(N(c4ccccc4)c4ccc(CCCC)c5ccccc45)cc3)cc2)c2ccccc12. The summed E-state index contributed by atoms with van der Waals surface area (Å²) in [6.45, 7) is 4.53. The molecule has 0 aliphatic rings. The summed E-state index contributed by atoms with van der Waals surface area (Å²) in [6.07, 6.45) is 6.97. The van der Waals surface area contributed by atoms with Gasteiger partial charge in [0.15, 0.2) is 0 Å². The second-order valence-electron chi connectivity index (χ2n) is 14.2. The Labute approximate surface area is 321 Å². The van der Waals surface area contributed by atoms with Crippen molar-refractivity contribution in [1.29, 1.82) is 0 Å². The van der Waals surface area contributed by atoms with E-state index in [1.807, 2.05) is 0 Å². The van der Waals surface area contributed by atoms with Crippen molar-refractivity contribution in [3.8, 4) is 11.1 Å². The average molecular weight is 701 g/mol. The summed E-state index contributed by atoms with van der Waals surface area (Å²) < 4.78 is 0. The number of fused-ring (bicyclic) bond motifs is 2. The van der Waals surface area contributed by atoms with Crippen molar-refractivity contribution in [2.45, 2.75) is 52.4 Å². The average Bonchev–Trinajstić information content (AvgIpc) is 3.24. The van der Waals surface area contributed by atoms with Crippen LogP contribution in [0.1, 0.15) is 50.7 Å². The zero-order valence-corrected chi connectivity index (χ0v) is 31.5. The molecule has 0 fully saturated rings. The first-order chi connectivity index (χ1) is 26.7. The third-order valence-corrected chi connectivity index (χ3v) is 10.7. The lowest BCUT2D eigenvalue weighted by Crippen LogP contribution is -2.11. The van der Waals surface area contributed by atoms with Gasteiger partial charge in [-0.3, -0.25) is 0 Å². The van der Waals surface area contributed by atoms with Crippen LogP contribution in [0, 0.1) is 0 Å². The van der Waals surface area contributed by atoms with Gasteiger partial charge in [0.1, 0.15) is 0 Å². The van der Waals surface area contributed by atoms with Gasteiger partial charge in [0.2, 0.25) is 0 Å². The van der Waals surface area contributed by atoms with Crippen LogP contribution in [0.15, 0.2) is 182 Å². The van der Waals surface area contributed by atoms with E-state index in [9.17, 15) is 0 Å². The summed E-state index contributed by atoms with van der Waals surface area (Å²) in [5, 5.41) is 5.24. The van der Waals surface area contributed by atoms with Gasteiger partial charge in [-0.2, -0.15) is 0 Å². The minimum atomic E-state index is 1.10. The lowest BCUT2D eigenvalue weighted by molar-refractivity contribution is 0.799. The van der Waals surface area contributed by atoms with E-state index in [4.69, 9.17) is 0 Å². The van der Waals surface area contributed by atoms with E-state index in [2.05, 4.69) is 206 Å². The highest BCUT2D eigenvalue weighted by molar-refractivity contribution is 6.02. The van der Waals surface area contributed by atoms with E-state index < -0.39 is 0 Å². The quantitative estimate of drug-likeness (QED) is 0.118. The first-order valence-electron chi connectivity index (χ1n) is 19.7. The maximum Gasteiger partial charge on any atom is 0.0540 e. The Hall–Kier alpha value is -6.12. The molecule has 0 aliphatic heterocycles. The van der Waals surface area contributed by atoms with Gasteiger partial charge in [0.05, 0.1) is 11.4 Å². The van der Waals surface area contributed by atoms with Gasteiger partial charge in [-0.1, -0.05) is 148 Å². The summed E-state index contributed by atoms with van der Waals surface area (Å²) in [5.74, 6) is 0. The Morgan fingerprint density at radius 1 is 0.315 bits per heavy atom. The van der Waals surface area contributed by atoms with E-state index in [1.54, 1.807) is 0 Å². The maximum absolute atomic E-state index is 2.40. The van der Waals surface area contributed by atoms with Gasteiger partial charge in [-0.15, -0.1) is 0 Å². The highest BCUT2D eigenvalue weighted by Gasteiger charge is 2.19. The molecule has 2 nitrogen and oxygen atoms in total. The van der Waals surface area contributed by atoms with Gasteiger partial charge in [0.25, 0.3) is 0 Å². The zero-order valence-electron chi connectivity index (χ0n) is 31.5. The van der Waals surface area contributed by atoms with Crippen molar-refractivity contribution in [2.75, 3.05) is 9.80 Å². The summed E-state index contributed by atoms with van der Waals surface area (Å²) in [4.78, 5) is 4.79. The number of aryl methyl sites for hydroxylation is 2. The second kappa shape index (κ2) is 16.3. The van der Waals surface area contributed by atoms with Crippen LogP contribution in [0.3, 0.4) is 0 Å². The highest BCUT2D eigenvalue weighted by atomic mass is 15.1. The molecule has 2 heteroatoms. The van der Waals surface area contributed by atoms with E-state index in [-0.39, 0.29) is 0 Å². The molecular formula is C52H48N2. The van der Waals surface area contributed by atoms with Crippen molar-refractivity contribution in [3.05, 3.63) is 193 Å². The molecular weight excluding hydrogens is 653 g/mol. The predicted octanol–water partition coefficient (Wildman–Crippen LogP) is 15.3. The number of unbranched alkanes of at least 4 members (excludes halogenated alkanes) is 2. The third-order valence-electron chi connectivity index (χ3n) is 10.7. The number of benzene rings is 8. The van der Waals surface area contributed by atoms with Crippen LogP contribution in [0.2, 0.25) is 0 Å². The number of rotatable bonds is 13. The van der Waals surface area contributed by atoms with Crippen LogP contribution in [0.5, 0.6) is 0 Å². The highest BCUT2D eigenvalue weighted by Crippen LogP contribution is 2.42. The van der Waals surface area contributed by atoms with E-state index in [0.717, 1.165) is 35.6 Å². The fraction of sp³-hybridized carbons (Fsp3) is 0.154. The molecule has 266 valence electrons. The van der Waals surface area contributed by atoms with Gasteiger partial charge < -0.3 is 9.80 Å². The molecule has 0 radical (unpaired) electrons. The minimum absolute atomic E-state index is 1.10. The Balaban J connectivity index is 1.15. The molecule has 8 aromatic rings. The third kappa shape index (κ3) is 7.13. The van der Waals surface area contributed by atoms with E-state index in [0.29, 0.717) is 0 Å². The van der Waals surface area contributed by atoms with Crippen LogP contribution in [0.25, 0.3) is 32.7 Å². The predicted molar refractivity (Wildman–Crippen MR) is 233 cm³/mol. The van der Waals surface area contributed by atoms with Gasteiger partial charge >= 0.3 is 0 Å². The van der Waals surface area contributed by atoms with E-state index in [1.165, 1.54) is 80.9 Å². The molecule has 0 N–H and O–H groups in total. The van der Waals surface area contributed by atoms with Crippen molar-refractivity contribution >= 4 is 55.7 Å². The van der Waals surface area contributed by atoms with Crippen molar-refractivity contribution in [3.63, 3.8) is 0 Å². The minimum Gasteiger partial charge on any atom is -0.310 e. The lowest BCUT2D eigenvalue weighted by atomic mass is 9.97. The molecule has 0 aliphatic carbocycles. The van der Waals surface area contributed by atoms with Gasteiger partial charge in [0, 0.05) is 33.5 Å². The summed E-state index contributed by atoms with van der Waals surface area (Å²) in [5.41, 5.74) is 12.2. The van der Waals surface area contributed by atoms with Crippen LogP contribution in [-0.4, -0.2) is 0 Å². The topological polar surface area (TPSA) is 6.48 Å². The molecule has 0 aromatic heterocycles. The van der Waals surface area contributed by atoms with Gasteiger partial charge in [-0.25, -0.2) is 0 Å². The van der Waals surface area contributed by atoms with Gasteiger partial charge in [-0.05, 0) is 119 Å². The first-order valence-corrected chi connectivity index (χ1v) is 19.7. The molecule has 0 amide bonds. The second-order valence-corrected chi connectivity index (χ2v) is 14.2. The molecule has 0 atom stereocenters. The molecule has 8 aromatic carbocycles. The number of para-hydroxylation sites is 2. The lowest BCUT2D eigenvalue weighted by Gasteiger charge is -2.28. The molecule has 0 spiro atoms. The molecule has 0 bridgehead atoms. The Morgan fingerprint density at radius 3 is 1.02 bits per heavy atom. The molecule has 0 unspecified atom stereocenters. The van der Waals surface area contributed by atoms with Crippen molar-refractivity contribution < 1.29 is 0 Å². The molecule has 54 heavy (non-hydrogen) atoms. The fourth-order valence-electron chi connectivity index (χ4n) is 7.87. The summed E-state index contributed by atoms with van der Waals surface area (Å²) in [7, 11) is 0. The molecule has 8 rings (SSSR count). The first kappa shape index (κ1) is 34.9. The van der Waals surface area contributed by atoms with E-state index >= 15 is 0 Å². The summed E-state index contributed by atoms with van der Waals surface area (Å²) in [6, 6.07) is 66.6. The van der Waals surface area contributed by atoms with Crippen LogP contribution >= 0.6 is 0 Å². The molecule has 0 saturated heterocycles. The number of anilines is 6. The largest absolute Gasteiger partial charge is 0.310 e. The fourth-order valence-corrected chi connectivity index (χ4v) is 7.87.